The SMILES string of the molecule is Cc1ccn2c(=O)cc(CSc3ccccc3NC(=O)C3CCCCC3)nc2c1. The van der Waals surface area contributed by atoms with E-state index in [0.29, 0.717) is 11.4 Å². The van der Waals surface area contributed by atoms with Crippen molar-refractivity contribution in [3.8, 4) is 0 Å². The third-order valence-corrected chi connectivity index (χ3v) is 6.48. The molecule has 4 rings (SSSR count). The molecule has 0 radical (unpaired) electrons. The lowest BCUT2D eigenvalue weighted by Crippen LogP contribution is -2.24. The van der Waals surface area contributed by atoms with Gasteiger partial charge in [-0.05, 0) is 49.6 Å². The first-order valence-electron chi connectivity index (χ1n) is 10.1. The summed E-state index contributed by atoms with van der Waals surface area (Å²) in [5.74, 6) is 0.804. The van der Waals surface area contributed by atoms with Crippen LogP contribution in [0.15, 0.2) is 58.4 Å². The van der Waals surface area contributed by atoms with Crippen LogP contribution in [0.4, 0.5) is 5.69 Å². The van der Waals surface area contributed by atoms with Crippen LogP contribution in [0.3, 0.4) is 0 Å². The van der Waals surface area contributed by atoms with Crippen LogP contribution in [0.25, 0.3) is 5.65 Å². The van der Waals surface area contributed by atoms with Crippen LogP contribution < -0.4 is 10.9 Å². The highest BCUT2D eigenvalue weighted by Gasteiger charge is 2.21. The Kier molecular flexibility index (Phi) is 6.00. The second-order valence-corrected chi connectivity index (χ2v) is 8.64. The maximum atomic E-state index is 12.6. The van der Waals surface area contributed by atoms with Crippen LogP contribution in [0.5, 0.6) is 0 Å². The Morgan fingerprint density at radius 3 is 2.79 bits per heavy atom. The molecule has 1 fully saturated rings. The zero-order valence-electron chi connectivity index (χ0n) is 16.6. The topological polar surface area (TPSA) is 63.5 Å². The lowest BCUT2D eigenvalue weighted by atomic mass is 9.88. The summed E-state index contributed by atoms with van der Waals surface area (Å²) >= 11 is 1.58. The summed E-state index contributed by atoms with van der Waals surface area (Å²) in [6.45, 7) is 1.98. The van der Waals surface area contributed by atoms with Gasteiger partial charge in [-0.15, -0.1) is 11.8 Å². The lowest BCUT2D eigenvalue weighted by Gasteiger charge is -2.21. The Bertz CT molecular complexity index is 1090. The molecule has 6 heteroatoms. The highest BCUT2D eigenvalue weighted by Crippen LogP contribution is 2.31. The second kappa shape index (κ2) is 8.82. The van der Waals surface area contributed by atoms with Gasteiger partial charge in [-0.25, -0.2) is 4.98 Å². The van der Waals surface area contributed by atoms with Crippen LogP contribution in [-0.2, 0) is 10.5 Å². The van der Waals surface area contributed by atoms with E-state index in [1.54, 1.807) is 28.4 Å². The van der Waals surface area contributed by atoms with E-state index in [1.807, 2.05) is 43.3 Å². The first-order valence-corrected chi connectivity index (χ1v) is 11.1. The highest BCUT2D eigenvalue weighted by atomic mass is 32.2. The van der Waals surface area contributed by atoms with Gasteiger partial charge in [0.15, 0.2) is 0 Å². The number of rotatable bonds is 5. The number of nitrogens with one attached hydrogen (secondary N) is 1. The summed E-state index contributed by atoms with van der Waals surface area (Å²) in [5, 5.41) is 3.12. The van der Waals surface area contributed by atoms with Crippen molar-refractivity contribution in [3.63, 3.8) is 0 Å². The van der Waals surface area contributed by atoms with Gasteiger partial charge in [0.2, 0.25) is 5.91 Å². The molecule has 1 aliphatic rings. The number of aryl methyl sites for hydroxylation is 1. The summed E-state index contributed by atoms with van der Waals surface area (Å²) in [4.78, 5) is 30.6. The minimum Gasteiger partial charge on any atom is -0.325 e. The van der Waals surface area contributed by atoms with E-state index < -0.39 is 0 Å². The van der Waals surface area contributed by atoms with Crippen molar-refractivity contribution >= 4 is 29.0 Å². The van der Waals surface area contributed by atoms with Crippen LogP contribution >= 0.6 is 11.8 Å². The van der Waals surface area contributed by atoms with Crippen LogP contribution in [0.2, 0.25) is 0 Å². The number of carbonyl (C=O) groups is 1. The van der Waals surface area contributed by atoms with E-state index >= 15 is 0 Å². The summed E-state index contributed by atoms with van der Waals surface area (Å²) in [5.41, 5.74) is 3.22. The van der Waals surface area contributed by atoms with E-state index in [2.05, 4.69) is 10.3 Å². The minimum absolute atomic E-state index is 0.0792. The molecule has 29 heavy (non-hydrogen) atoms. The number of carbonyl (C=O) groups excluding carboxylic acids is 1. The molecule has 1 amide bonds. The zero-order chi connectivity index (χ0) is 20.2. The highest BCUT2D eigenvalue weighted by molar-refractivity contribution is 7.98. The second-order valence-electron chi connectivity index (χ2n) is 7.63. The van der Waals surface area contributed by atoms with Gasteiger partial charge in [-0.1, -0.05) is 31.4 Å². The van der Waals surface area contributed by atoms with Gasteiger partial charge in [0, 0.05) is 28.8 Å². The van der Waals surface area contributed by atoms with Gasteiger partial charge in [-0.3, -0.25) is 14.0 Å². The normalized spacial score (nSPS) is 14.8. The van der Waals surface area contributed by atoms with Crippen molar-refractivity contribution in [2.45, 2.75) is 49.7 Å². The maximum Gasteiger partial charge on any atom is 0.258 e. The van der Waals surface area contributed by atoms with Gasteiger partial charge in [-0.2, -0.15) is 0 Å². The molecule has 1 saturated carbocycles. The molecule has 2 aromatic heterocycles. The van der Waals surface area contributed by atoms with Gasteiger partial charge in [0.05, 0.1) is 11.4 Å². The first-order chi connectivity index (χ1) is 14.1. The van der Waals surface area contributed by atoms with Crippen molar-refractivity contribution in [2.75, 3.05) is 5.32 Å². The molecule has 1 N–H and O–H groups in total. The van der Waals surface area contributed by atoms with Crippen LogP contribution in [-0.4, -0.2) is 15.3 Å². The minimum atomic E-state index is -0.0792. The maximum absolute atomic E-state index is 12.6. The Morgan fingerprint density at radius 2 is 1.97 bits per heavy atom. The van der Waals surface area contributed by atoms with Gasteiger partial charge < -0.3 is 5.32 Å². The molecular weight excluding hydrogens is 382 g/mol. The number of fused-ring (bicyclic) bond motifs is 1. The molecule has 0 saturated heterocycles. The van der Waals surface area contributed by atoms with Crippen molar-refractivity contribution in [1.82, 2.24) is 9.38 Å². The average molecular weight is 408 g/mol. The van der Waals surface area contributed by atoms with Crippen molar-refractivity contribution in [2.24, 2.45) is 5.92 Å². The molecule has 0 spiro atoms. The fourth-order valence-electron chi connectivity index (χ4n) is 3.77. The van der Waals surface area contributed by atoms with Gasteiger partial charge in [0.25, 0.3) is 5.56 Å². The predicted molar refractivity (Wildman–Crippen MR) is 117 cm³/mol. The molecule has 0 atom stereocenters. The number of para-hydroxylation sites is 1. The van der Waals surface area contributed by atoms with Crippen molar-refractivity contribution in [3.05, 3.63) is 70.3 Å². The molecule has 5 nitrogen and oxygen atoms in total. The van der Waals surface area contributed by atoms with Gasteiger partial charge >= 0.3 is 0 Å². The van der Waals surface area contributed by atoms with Crippen LogP contribution in [0.1, 0.15) is 43.4 Å². The molecule has 0 bridgehead atoms. The number of pyridine rings is 1. The Hall–Kier alpha value is -2.60. The third-order valence-electron chi connectivity index (χ3n) is 5.37. The van der Waals surface area contributed by atoms with E-state index in [-0.39, 0.29) is 17.4 Å². The largest absolute Gasteiger partial charge is 0.325 e. The van der Waals surface area contributed by atoms with Gasteiger partial charge in [0.1, 0.15) is 5.65 Å². The Morgan fingerprint density at radius 1 is 1.17 bits per heavy atom. The number of nitrogens with zero attached hydrogens (tertiary/aromatic N) is 2. The summed E-state index contributed by atoms with van der Waals surface area (Å²) in [6, 6.07) is 13.2. The Labute approximate surface area is 174 Å². The Balaban J connectivity index is 1.49. The summed E-state index contributed by atoms with van der Waals surface area (Å²) in [6.07, 6.45) is 7.22. The number of benzene rings is 1. The molecule has 1 aromatic carbocycles. The zero-order valence-corrected chi connectivity index (χ0v) is 17.4. The fraction of sp³-hybridized carbons (Fsp3) is 0.348. The van der Waals surface area contributed by atoms with E-state index in [9.17, 15) is 9.59 Å². The van der Waals surface area contributed by atoms with Crippen molar-refractivity contribution in [1.29, 1.82) is 0 Å². The molecule has 150 valence electrons. The number of hydrogen-bond acceptors (Lipinski definition) is 4. The molecular formula is C23H25N3O2S. The smallest absolute Gasteiger partial charge is 0.258 e. The van der Waals surface area contributed by atoms with Crippen LogP contribution in [0, 0.1) is 12.8 Å². The summed E-state index contributed by atoms with van der Waals surface area (Å²) in [7, 11) is 0. The van der Waals surface area contributed by atoms with Crippen molar-refractivity contribution < 1.29 is 4.79 Å². The third kappa shape index (κ3) is 4.70. The predicted octanol–water partition coefficient (Wildman–Crippen LogP) is 4.81. The lowest BCUT2D eigenvalue weighted by molar-refractivity contribution is -0.120. The first kappa shape index (κ1) is 19.7. The molecule has 0 unspecified atom stereocenters. The number of anilines is 1. The molecule has 2 heterocycles. The average Bonchev–Trinajstić information content (AvgIpc) is 2.73. The standard InChI is InChI=1S/C23H25N3O2S/c1-16-11-12-26-21(13-16)24-18(14-22(26)27)15-29-20-10-6-5-9-19(20)25-23(28)17-7-3-2-4-8-17/h5-6,9-14,17H,2-4,7-8,15H2,1H3,(H,25,28). The molecule has 3 aromatic rings. The number of thioether (sulfide) groups is 1. The molecule has 1 aliphatic carbocycles. The summed E-state index contributed by atoms with van der Waals surface area (Å²) < 4.78 is 1.56. The fourth-order valence-corrected chi connectivity index (χ4v) is 4.68. The number of amides is 1. The monoisotopic (exact) mass is 407 g/mol. The number of hydrogen-bond donors (Lipinski definition) is 1. The van der Waals surface area contributed by atoms with E-state index in [1.165, 1.54) is 6.42 Å². The van der Waals surface area contributed by atoms with E-state index in [0.717, 1.165) is 47.5 Å². The van der Waals surface area contributed by atoms with E-state index in [4.69, 9.17) is 0 Å². The quantitative estimate of drug-likeness (QED) is 0.616. The molecule has 0 aliphatic heterocycles. The number of aromatic nitrogens is 2.